The van der Waals surface area contributed by atoms with Crippen molar-refractivity contribution in [1.82, 2.24) is 15.2 Å². The summed E-state index contributed by atoms with van der Waals surface area (Å²) < 4.78 is 0. The van der Waals surface area contributed by atoms with E-state index in [1.807, 2.05) is 12.3 Å². The third-order valence-corrected chi connectivity index (χ3v) is 4.31. The highest BCUT2D eigenvalue weighted by Crippen LogP contribution is 2.31. The van der Waals surface area contributed by atoms with Gasteiger partial charge >= 0.3 is 0 Å². The molecule has 1 saturated heterocycles. The summed E-state index contributed by atoms with van der Waals surface area (Å²) in [5.41, 5.74) is 5.17. The lowest BCUT2D eigenvalue weighted by Gasteiger charge is -2.36. The van der Waals surface area contributed by atoms with Crippen molar-refractivity contribution in [1.29, 1.82) is 0 Å². The minimum absolute atomic E-state index is 0.259. The minimum Gasteiger partial charge on any atom is -0.314 e. The maximum Gasteiger partial charge on any atom is 0.0782 e. The molecule has 1 atom stereocenters. The highest BCUT2D eigenvalue weighted by Gasteiger charge is 2.26. The van der Waals surface area contributed by atoms with Crippen LogP contribution in [0.1, 0.15) is 28.4 Å². The maximum absolute atomic E-state index is 4.71. The summed E-state index contributed by atoms with van der Waals surface area (Å²) in [6.07, 6.45) is 1.91. The van der Waals surface area contributed by atoms with Crippen molar-refractivity contribution in [2.45, 2.75) is 19.9 Å². The van der Waals surface area contributed by atoms with E-state index in [1.54, 1.807) is 0 Å². The highest BCUT2D eigenvalue weighted by molar-refractivity contribution is 5.37. The SMILES string of the molecule is Cc1ccccc1C(c1ncccc1C)N1CCNCC1. The Morgan fingerprint density at radius 3 is 2.43 bits per heavy atom. The van der Waals surface area contributed by atoms with Gasteiger partial charge in [0.25, 0.3) is 0 Å². The second kappa shape index (κ2) is 6.37. The quantitative estimate of drug-likeness (QED) is 0.937. The van der Waals surface area contributed by atoms with Gasteiger partial charge in [0.15, 0.2) is 0 Å². The molecule has 110 valence electrons. The zero-order chi connectivity index (χ0) is 14.7. The van der Waals surface area contributed by atoms with Gasteiger partial charge < -0.3 is 5.32 Å². The molecule has 1 aliphatic heterocycles. The van der Waals surface area contributed by atoms with Gasteiger partial charge in [0.2, 0.25) is 0 Å². The first-order valence-corrected chi connectivity index (χ1v) is 7.69. The predicted octanol–water partition coefficient (Wildman–Crippen LogP) is 2.69. The van der Waals surface area contributed by atoms with Crippen molar-refractivity contribution in [3.63, 3.8) is 0 Å². The molecule has 1 aliphatic rings. The van der Waals surface area contributed by atoms with Gasteiger partial charge in [0.1, 0.15) is 0 Å². The van der Waals surface area contributed by atoms with Gasteiger partial charge in [0.05, 0.1) is 11.7 Å². The fourth-order valence-electron chi connectivity index (χ4n) is 3.13. The van der Waals surface area contributed by atoms with Crippen molar-refractivity contribution >= 4 is 0 Å². The third kappa shape index (κ3) is 2.99. The molecular formula is C18H23N3. The summed E-state index contributed by atoms with van der Waals surface area (Å²) in [5.74, 6) is 0. The number of hydrogen-bond donors (Lipinski definition) is 1. The molecule has 2 aromatic rings. The minimum atomic E-state index is 0.259. The Labute approximate surface area is 127 Å². The molecule has 1 aromatic heterocycles. The normalized spacial score (nSPS) is 17.6. The number of pyridine rings is 1. The average Bonchev–Trinajstić information content (AvgIpc) is 2.52. The molecule has 3 heteroatoms. The maximum atomic E-state index is 4.71. The first-order valence-electron chi connectivity index (χ1n) is 7.69. The van der Waals surface area contributed by atoms with Crippen LogP contribution in [0.2, 0.25) is 0 Å². The lowest BCUT2D eigenvalue weighted by Crippen LogP contribution is -2.45. The van der Waals surface area contributed by atoms with E-state index in [0.29, 0.717) is 0 Å². The first kappa shape index (κ1) is 14.2. The van der Waals surface area contributed by atoms with E-state index < -0.39 is 0 Å². The van der Waals surface area contributed by atoms with Crippen molar-refractivity contribution in [3.05, 3.63) is 65.0 Å². The van der Waals surface area contributed by atoms with Gasteiger partial charge in [-0.25, -0.2) is 0 Å². The van der Waals surface area contributed by atoms with Gasteiger partial charge in [-0.15, -0.1) is 0 Å². The molecule has 1 unspecified atom stereocenters. The number of aromatic nitrogens is 1. The third-order valence-electron chi connectivity index (χ3n) is 4.31. The molecule has 0 amide bonds. The van der Waals surface area contributed by atoms with Gasteiger partial charge in [-0.05, 0) is 36.6 Å². The zero-order valence-electron chi connectivity index (χ0n) is 12.8. The van der Waals surface area contributed by atoms with Crippen LogP contribution in [0.3, 0.4) is 0 Å². The van der Waals surface area contributed by atoms with E-state index in [0.717, 1.165) is 26.2 Å². The second-order valence-electron chi connectivity index (χ2n) is 5.75. The highest BCUT2D eigenvalue weighted by atomic mass is 15.2. The molecular weight excluding hydrogens is 258 g/mol. The van der Waals surface area contributed by atoms with Crippen LogP contribution in [0.15, 0.2) is 42.6 Å². The van der Waals surface area contributed by atoms with Crippen molar-refractivity contribution in [3.8, 4) is 0 Å². The molecule has 0 spiro atoms. The summed E-state index contributed by atoms with van der Waals surface area (Å²) in [5, 5.41) is 3.44. The molecule has 1 fully saturated rings. The van der Waals surface area contributed by atoms with Crippen LogP contribution in [0.4, 0.5) is 0 Å². The van der Waals surface area contributed by atoms with Crippen molar-refractivity contribution in [2.24, 2.45) is 0 Å². The lowest BCUT2D eigenvalue weighted by molar-refractivity contribution is 0.194. The van der Waals surface area contributed by atoms with E-state index in [1.165, 1.54) is 22.4 Å². The number of nitrogens with one attached hydrogen (secondary N) is 1. The standard InChI is InChI=1S/C18H23N3/c1-14-6-3-4-8-16(14)18(21-12-10-19-11-13-21)17-15(2)7-5-9-20-17/h3-9,18-19H,10-13H2,1-2H3. The Hall–Kier alpha value is -1.71. The van der Waals surface area contributed by atoms with E-state index in [4.69, 9.17) is 4.98 Å². The van der Waals surface area contributed by atoms with Crippen LogP contribution < -0.4 is 5.32 Å². The zero-order valence-corrected chi connectivity index (χ0v) is 12.8. The Bertz CT molecular complexity index is 557. The van der Waals surface area contributed by atoms with Gasteiger partial charge in [-0.2, -0.15) is 0 Å². The molecule has 0 radical (unpaired) electrons. The molecule has 2 heterocycles. The fourth-order valence-corrected chi connectivity index (χ4v) is 3.13. The largest absolute Gasteiger partial charge is 0.314 e. The van der Waals surface area contributed by atoms with Crippen LogP contribution in [0.5, 0.6) is 0 Å². The van der Waals surface area contributed by atoms with Crippen molar-refractivity contribution < 1.29 is 0 Å². The van der Waals surface area contributed by atoms with Gasteiger partial charge in [-0.1, -0.05) is 30.3 Å². The Balaban J connectivity index is 2.07. The smallest absolute Gasteiger partial charge is 0.0782 e. The molecule has 1 N–H and O–H groups in total. The average molecular weight is 281 g/mol. The monoisotopic (exact) mass is 281 g/mol. The molecule has 3 nitrogen and oxygen atoms in total. The van der Waals surface area contributed by atoms with E-state index in [-0.39, 0.29) is 6.04 Å². The number of benzene rings is 1. The van der Waals surface area contributed by atoms with Crippen LogP contribution in [-0.2, 0) is 0 Å². The summed E-state index contributed by atoms with van der Waals surface area (Å²) in [7, 11) is 0. The number of nitrogens with zero attached hydrogens (tertiary/aromatic N) is 2. The second-order valence-corrected chi connectivity index (χ2v) is 5.75. The van der Waals surface area contributed by atoms with Crippen LogP contribution >= 0.6 is 0 Å². The Kier molecular flexibility index (Phi) is 4.32. The van der Waals surface area contributed by atoms with E-state index in [9.17, 15) is 0 Å². The van der Waals surface area contributed by atoms with Crippen LogP contribution in [-0.4, -0.2) is 36.1 Å². The molecule has 3 rings (SSSR count). The van der Waals surface area contributed by atoms with Crippen LogP contribution in [0.25, 0.3) is 0 Å². The molecule has 0 bridgehead atoms. The predicted molar refractivity (Wildman–Crippen MR) is 86.4 cm³/mol. The molecule has 0 saturated carbocycles. The molecule has 1 aromatic carbocycles. The molecule has 21 heavy (non-hydrogen) atoms. The van der Waals surface area contributed by atoms with Gasteiger partial charge in [0, 0.05) is 32.4 Å². The van der Waals surface area contributed by atoms with Crippen LogP contribution in [0, 0.1) is 13.8 Å². The van der Waals surface area contributed by atoms with Crippen molar-refractivity contribution in [2.75, 3.05) is 26.2 Å². The number of rotatable bonds is 3. The first-order chi connectivity index (χ1) is 10.3. The number of piperazine rings is 1. The topological polar surface area (TPSA) is 28.2 Å². The summed E-state index contributed by atoms with van der Waals surface area (Å²) in [4.78, 5) is 7.26. The summed E-state index contributed by atoms with van der Waals surface area (Å²) in [6.45, 7) is 8.59. The summed E-state index contributed by atoms with van der Waals surface area (Å²) >= 11 is 0. The van der Waals surface area contributed by atoms with E-state index in [2.05, 4.69) is 54.4 Å². The van der Waals surface area contributed by atoms with E-state index >= 15 is 0 Å². The van der Waals surface area contributed by atoms with Gasteiger partial charge in [-0.3, -0.25) is 9.88 Å². The Morgan fingerprint density at radius 1 is 1.00 bits per heavy atom. The molecule has 0 aliphatic carbocycles. The Morgan fingerprint density at radius 2 is 1.71 bits per heavy atom. The lowest BCUT2D eigenvalue weighted by atomic mass is 9.94. The fraction of sp³-hybridized carbons (Fsp3) is 0.389. The number of aryl methyl sites for hydroxylation is 2. The summed E-state index contributed by atoms with van der Waals surface area (Å²) in [6, 6.07) is 13.1. The number of hydrogen-bond acceptors (Lipinski definition) is 3.